The molecule has 0 bridgehead atoms. The second-order valence-electron chi connectivity index (χ2n) is 1.75. The Morgan fingerprint density at radius 3 is 2.82 bits per heavy atom. The van der Waals surface area contributed by atoms with Gasteiger partial charge in [0.2, 0.25) is 0 Å². The van der Waals surface area contributed by atoms with Crippen LogP contribution in [0.1, 0.15) is 0 Å². The number of aliphatic imine (C=N–C) groups is 1. The highest BCUT2D eigenvalue weighted by Crippen LogP contribution is 2.07. The van der Waals surface area contributed by atoms with Crippen molar-refractivity contribution < 1.29 is 5.21 Å². The number of oxime groups is 1. The van der Waals surface area contributed by atoms with E-state index in [1.165, 1.54) is 11.8 Å². The molecule has 4 nitrogen and oxygen atoms in total. The summed E-state index contributed by atoms with van der Waals surface area (Å²) in [6.45, 7) is 0.885. The summed E-state index contributed by atoms with van der Waals surface area (Å²) in [5.41, 5.74) is 0. The Hall–Kier alpha value is -0.420. The van der Waals surface area contributed by atoms with Crippen molar-refractivity contribution in [2.75, 3.05) is 19.3 Å². The fourth-order valence-electron chi connectivity index (χ4n) is 0.712. The van der Waals surface area contributed by atoms with Crippen LogP contribution in [0.15, 0.2) is 10.1 Å². The molecule has 0 spiro atoms. The molecule has 0 aromatic rings. The van der Waals surface area contributed by atoms with Gasteiger partial charge in [0.15, 0.2) is 10.9 Å². The molecule has 0 saturated carbocycles. The number of hydrogen-bond acceptors (Lipinski definition) is 4. The molecule has 1 saturated heterocycles. The molecule has 1 aliphatic rings. The molecular weight excluding hydrogens is 186 g/mol. The van der Waals surface area contributed by atoms with Crippen molar-refractivity contribution in [2.24, 2.45) is 10.1 Å². The second-order valence-corrected chi connectivity index (χ2v) is 2.84. The normalized spacial score (nSPS) is 24.5. The molecule has 64 valence electrons. The maximum Gasteiger partial charge on any atom is 0.177 e. The van der Waals surface area contributed by atoms with E-state index in [1.807, 2.05) is 0 Å². The maximum atomic E-state index is 8.44. The van der Waals surface area contributed by atoms with Crippen LogP contribution in [0.2, 0.25) is 0 Å². The number of halogens is 1. The topological polar surface area (TPSA) is 57.0 Å². The molecule has 1 fully saturated rings. The number of amidine groups is 1. The summed E-state index contributed by atoms with van der Waals surface area (Å²) in [6, 6.07) is 0. The zero-order chi connectivity index (χ0) is 7.40. The summed E-state index contributed by atoms with van der Waals surface area (Å²) in [4.78, 5) is 3.89. The summed E-state index contributed by atoms with van der Waals surface area (Å²) in [5, 5.41) is 15.1. The van der Waals surface area contributed by atoms with Gasteiger partial charge in [0.1, 0.15) is 0 Å². The van der Waals surface area contributed by atoms with E-state index in [0.717, 1.165) is 12.3 Å². The van der Waals surface area contributed by atoms with Crippen LogP contribution in [0.3, 0.4) is 0 Å². The van der Waals surface area contributed by atoms with Crippen LogP contribution in [0.5, 0.6) is 0 Å². The summed E-state index contributed by atoms with van der Waals surface area (Å²) in [6.07, 6.45) is 0. The molecule has 0 radical (unpaired) electrons. The van der Waals surface area contributed by atoms with E-state index in [0.29, 0.717) is 10.9 Å². The largest absolute Gasteiger partial charge is 0.410 e. The minimum atomic E-state index is 0. The van der Waals surface area contributed by atoms with Gasteiger partial charge < -0.3 is 10.5 Å². The van der Waals surface area contributed by atoms with Crippen LogP contribution in [0.4, 0.5) is 0 Å². The van der Waals surface area contributed by atoms with E-state index >= 15 is 0 Å². The van der Waals surface area contributed by atoms with Gasteiger partial charge in [-0.2, -0.15) is 0 Å². The Morgan fingerprint density at radius 1 is 1.64 bits per heavy atom. The first kappa shape index (κ1) is 10.6. The highest BCUT2D eigenvalue weighted by Gasteiger charge is 2.13. The molecule has 6 heteroatoms. The first-order valence-electron chi connectivity index (χ1n) is 2.94. The van der Waals surface area contributed by atoms with Gasteiger partial charge in [0.25, 0.3) is 0 Å². The van der Waals surface area contributed by atoms with Crippen molar-refractivity contribution in [2.45, 2.75) is 0 Å². The quantitative estimate of drug-likeness (QED) is 0.439. The number of thioether (sulfide) groups is 1. The third-order valence-corrected chi connectivity index (χ3v) is 2.11. The van der Waals surface area contributed by atoms with Gasteiger partial charge in [-0.25, -0.2) is 0 Å². The Bertz CT molecular complexity index is 163. The minimum absolute atomic E-state index is 0. The molecule has 0 aliphatic carbocycles. The van der Waals surface area contributed by atoms with E-state index in [1.54, 1.807) is 7.05 Å². The summed E-state index contributed by atoms with van der Waals surface area (Å²) >= 11 is 1.50. The van der Waals surface area contributed by atoms with Gasteiger partial charge in [0.05, 0.1) is 0 Å². The predicted octanol–water partition coefficient (Wildman–Crippen LogP) is 0.561. The lowest BCUT2D eigenvalue weighted by atomic mass is 10.5. The third-order valence-electron chi connectivity index (χ3n) is 1.15. The van der Waals surface area contributed by atoms with Gasteiger partial charge in [-0.15, -0.1) is 12.4 Å². The Kier molecular flexibility index (Phi) is 5.06. The molecule has 0 unspecified atom stereocenters. The van der Waals surface area contributed by atoms with E-state index in [2.05, 4.69) is 15.5 Å². The molecule has 0 aromatic carbocycles. The Morgan fingerprint density at radius 2 is 2.36 bits per heavy atom. The van der Waals surface area contributed by atoms with Gasteiger partial charge in [0, 0.05) is 19.3 Å². The fraction of sp³-hybridized carbons (Fsp3) is 0.600. The zero-order valence-corrected chi connectivity index (χ0v) is 7.71. The van der Waals surface area contributed by atoms with Crippen LogP contribution in [0, 0.1) is 0 Å². The van der Waals surface area contributed by atoms with Crippen LogP contribution >= 0.6 is 24.2 Å². The fourth-order valence-corrected chi connectivity index (χ4v) is 1.47. The number of rotatable bonds is 0. The predicted molar refractivity (Wildman–Crippen MR) is 50.3 cm³/mol. The molecule has 1 aliphatic heterocycles. The number of nitrogens with one attached hydrogen (secondary N) is 1. The average molecular weight is 196 g/mol. The highest BCUT2D eigenvalue weighted by atomic mass is 35.5. The molecule has 2 N–H and O–H groups in total. The van der Waals surface area contributed by atoms with E-state index in [9.17, 15) is 0 Å². The van der Waals surface area contributed by atoms with Gasteiger partial charge in [-0.1, -0.05) is 16.9 Å². The highest BCUT2D eigenvalue weighted by molar-refractivity contribution is 8.15. The first-order chi connectivity index (χ1) is 4.88. The molecule has 0 amide bonds. The summed E-state index contributed by atoms with van der Waals surface area (Å²) in [7, 11) is 1.67. The molecule has 11 heavy (non-hydrogen) atoms. The van der Waals surface area contributed by atoms with Crippen LogP contribution in [-0.4, -0.2) is 35.4 Å². The van der Waals surface area contributed by atoms with Gasteiger partial charge >= 0.3 is 0 Å². The first-order valence-corrected chi connectivity index (χ1v) is 3.93. The van der Waals surface area contributed by atoms with E-state index < -0.39 is 0 Å². The standard InChI is InChI=1S/C5H9N3OS.ClH/c1-6-4-5(8-9)10-3-2-7-4;/h9H,2-3H2,1H3,(H,6,7);1H. The van der Waals surface area contributed by atoms with Gasteiger partial charge in [-0.3, -0.25) is 4.99 Å². The molecular formula is C5H10ClN3OS. The molecule has 0 aromatic heterocycles. The third kappa shape index (κ3) is 2.59. The van der Waals surface area contributed by atoms with Gasteiger partial charge in [-0.05, 0) is 0 Å². The summed E-state index contributed by atoms with van der Waals surface area (Å²) in [5.74, 6) is 1.61. The van der Waals surface area contributed by atoms with Crippen molar-refractivity contribution >= 4 is 35.0 Å². The monoisotopic (exact) mass is 195 g/mol. The van der Waals surface area contributed by atoms with Crippen molar-refractivity contribution in [1.82, 2.24) is 5.32 Å². The lowest BCUT2D eigenvalue weighted by Crippen LogP contribution is -2.36. The van der Waals surface area contributed by atoms with Crippen LogP contribution < -0.4 is 5.32 Å². The number of nitrogens with zero attached hydrogens (tertiary/aromatic N) is 2. The summed E-state index contributed by atoms with van der Waals surface area (Å²) < 4.78 is 0. The van der Waals surface area contributed by atoms with Crippen molar-refractivity contribution in [1.29, 1.82) is 0 Å². The molecule has 1 heterocycles. The van der Waals surface area contributed by atoms with Crippen molar-refractivity contribution in [3.63, 3.8) is 0 Å². The van der Waals surface area contributed by atoms with E-state index in [4.69, 9.17) is 5.21 Å². The molecule has 1 rings (SSSR count). The lowest BCUT2D eigenvalue weighted by Gasteiger charge is -2.14. The van der Waals surface area contributed by atoms with E-state index in [-0.39, 0.29) is 12.4 Å². The zero-order valence-electron chi connectivity index (χ0n) is 6.07. The number of hydrogen-bond donors (Lipinski definition) is 2. The van der Waals surface area contributed by atoms with Crippen LogP contribution in [0.25, 0.3) is 0 Å². The SMILES string of the molecule is CN=C1NCCSC1=NO.Cl. The minimum Gasteiger partial charge on any atom is -0.410 e. The average Bonchev–Trinajstić information content (AvgIpc) is 2.04. The second kappa shape index (κ2) is 5.26. The van der Waals surface area contributed by atoms with Crippen LogP contribution in [-0.2, 0) is 0 Å². The Labute approximate surface area is 75.6 Å². The van der Waals surface area contributed by atoms with Crippen molar-refractivity contribution in [3.8, 4) is 0 Å². The smallest absolute Gasteiger partial charge is 0.177 e. The Balaban J connectivity index is 0.000001000. The van der Waals surface area contributed by atoms with Crippen molar-refractivity contribution in [3.05, 3.63) is 0 Å². The maximum absolute atomic E-state index is 8.44. The lowest BCUT2D eigenvalue weighted by molar-refractivity contribution is 0.321. The molecule has 0 atom stereocenters.